The van der Waals surface area contributed by atoms with E-state index >= 15 is 0 Å². The minimum atomic E-state index is 0.541. The molecule has 1 N–H and O–H groups in total. The lowest BCUT2D eigenvalue weighted by molar-refractivity contribution is 0.338. The number of piperazine rings is 1. The fraction of sp³-hybridized carbons (Fsp3) is 0.353. The van der Waals surface area contributed by atoms with Gasteiger partial charge in [0, 0.05) is 32.2 Å². The molecule has 0 unspecified atom stereocenters. The molecule has 0 saturated carbocycles. The molecule has 0 amide bonds. The first-order valence-electron chi connectivity index (χ1n) is 7.30. The Bertz CT molecular complexity index is 517. The summed E-state index contributed by atoms with van der Waals surface area (Å²) in [4.78, 5) is 6.86. The van der Waals surface area contributed by atoms with Gasteiger partial charge in [0.1, 0.15) is 12.4 Å². The number of hydrogen-bond acceptors (Lipinski definition) is 4. The van der Waals surface area contributed by atoms with Gasteiger partial charge >= 0.3 is 0 Å². The SMILES string of the molecule is C=C/C=C\C=C(/C)COc1cccc(N2CCNCC2)n1. The van der Waals surface area contributed by atoms with Crippen LogP contribution in [0.4, 0.5) is 5.82 Å². The van der Waals surface area contributed by atoms with Crippen LogP contribution in [0, 0.1) is 0 Å². The molecule has 1 aliphatic rings. The van der Waals surface area contributed by atoms with Crippen LogP contribution in [0.2, 0.25) is 0 Å². The molecule has 1 aromatic rings. The zero-order valence-electron chi connectivity index (χ0n) is 12.6. The number of pyridine rings is 1. The van der Waals surface area contributed by atoms with Crippen molar-refractivity contribution in [2.24, 2.45) is 0 Å². The number of rotatable bonds is 6. The molecular formula is C17H23N3O. The van der Waals surface area contributed by atoms with Crippen molar-refractivity contribution in [2.75, 3.05) is 37.7 Å². The quantitative estimate of drug-likeness (QED) is 0.815. The van der Waals surface area contributed by atoms with Crippen molar-refractivity contribution in [1.82, 2.24) is 10.3 Å². The second kappa shape index (κ2) is 8.27. The van der Waals surface area contributed by atoms with Gasteiger partial charge in [0.15, 0.2) is 0 Å². The first-order valence-corrected chi connectivity index (χ1v) is 7.30. The Balaban J connectivity index is 1.93. The molecule has 112 valence electrons. The average Bonchev–Trinajstić information content (AvgIpc) is 2.54. The van der Waals surface area contributed by atoms with E-state index in [-0.39, 0.29) is 0 Å². The normalized spacial score (nSPS) is 16.2. The van der Waals surface area contributed by atoms with Gasteiger partial charge in [-0.2, -0.15) is 4.98 Å². The third kappa shape index (κ3) is 5.08. The van der Waals surface area contributed by atoms with Crippen molar-refractivity contribution in [3.63, 3.8) is 0 Å². The first-order chi connectivity index (χ1) is 10.3. The van der Waals surface area contributed by atoms with E-state index in [2.05, 4.69) is 21.8 Å². The van der Waals surface area contributed by atoms with Gasteiger partial charge in [-0.15, -0.1) is 0 Å². The largest absolute Gasteiger partial charge is 0.473 e. The number of aromatic nitrogens is 1. The van der Waals surface area contributed by atoms with E-state index in [1.807, 2.05) is 43.4 Å². The lowest BCUT2D eigenvalue weighted by atomic mass is 10.3. The molecule has 0 spiro atoms. The Hall–Kier alpha value is -2.07. The summed E-state index contributed by atoms with van der Waals surface area (Å²) in [5.74, 6) is 1.66. The maximum absolute atomic E-state index is 5.75. The highest BCUT2D eigenvalue weighted by molar-refractivity contribution is 5.41. The number of hydrogen-bond donors (Lipinski definition) is 1. The van der Waals surface area contributed by atoms with Gasteiger partial charge in [-0.05, 0) is 18.6 Å². The zero-order valence-corrected chi connectivity index (χ0v) is 12.6. The molecule has 0 aromatic carbocycles. The molecule has 1 saturated heterocycles. The van der Waals surface area contributed by atoms with E-state index in [9.17, 15) is 0 Å². The molecule has 0 bridgehead atoms. The van der Waals surface area contributed by atoms with Crippen LogP contribution in [0.15, 0.2) is 54.7 Å². The van der Waals surface area contributed by atoms with E-state index in [0.29, 0.717) is 12.5 Å². The maximum atomic E-state index is 5.75. The highest BCUT2D eigenvalue weighted by Crippen LogP contribution is 2.16. The summed E-state index contributed by atoms with van der Waals surface area (Å²) in [5, 5.41) is 3.34. The number of anilines is 1. The Morgan fingerprint density at radius 3 is 2.95 bits per heavy atom. The lowest BCUT2D eigenvalue weighted by Gasteiger charge is -2.28. The number of nitrogens with zero attached hydrogens (tertiary/aromatic N) is 2. The summed E-state index contributed by atoms with van der Waals surface area (Å²) >= 11 is 0. The molecule has 0 atom stereocenters. The summed E-state index contributed by atoms with van der Waals surface area (Å²) in [6.45, 7) is 10.2. The molecular weight excluding hydrogens is 262 g/mol. The zero-order chi connectivity index (χ0) is 14.9. The second-order valence-corrected chi connectivity index (χ2v) is 4.99. The number of ether oxygens (including phenoxy) is 1. The predicted octanol–water partition coefficient (Wildman–Crippen LogP) is 2.56. The van der Waals surface area contributed by atoms with Crippen molar-refractivity contribution in [1.29, 1.82) is 0 Å². The standard InChI is InChI=1S/C17H23N3O/c1-3-4-5-7-15(2)14-21-17-9-6-8-16(19-17)20-12-10-18-11-13-20/h3-9,18H,1,10-14H2,2H3/b5-4-,15-7+. The van der Waals surface area contributed by atoms with Gasteiger partial charge in [0.05, 0.1) is 0 Å². The van der Waals surface area contributed by atoms with Crippen LogP contribution in [-0.4, -0.2) is 37.8 Å². The average molecular weight is 285 g/mol. The molecule has 2 rings (SSSR count). The Morgan fingerprint density at radius 1 is 1.38 bits per heavy atom. The topological polar surface area (TPSA) is 37.4 Å². The van der Waals surface area contributed by atoms with Gasteiger partial charge in [-0.1, -0.05) is 36.9 Å². The van der Waals surface area contributed by atoms with Crippen LogP contribution in [0.3, 0.4) is 0 Å². The third-order valence-corrected chi connectivity index (χ3v) is 3.23. The van der Waals surface area contributed by atoms with E-state index in [0.717, 1.165) is 37.6 Å². The fourth-order valence-corrected chi connectivity index (χ4v) is 2.09. The van der Waals surface area contributed by atoms with E-state index in [1.165, 1.54) is 0 Å². The predicted molar refractivity (Wildman–Crippen MR) is 87.9 cm³/mol. The lowest BCUT2D eigenvalue weighted by Crippen LogP contribution is -2.43. The molecule has 0 radical (unpaired) electrons. The van der Waals surface area contributed by atoms with Crippen molar-refractivity contribution < 1.29 is 4.74 Å². The maximum Gasteiger partial charge on any atom is 0.215 e. The number of nitrogens with one attached hydrogen (secondary N) is 1. The van der Waals surface area contributed by atoms with Crippen LogP contribution in [0.5, 0.6) is 5.88 Å². The van der Waals surface area contributed by atoms with E-state index < -0.39 is 0 Å². The molecule has 2 heterocycles. The van der Waals surface area contributed by atoms with Crippen LogP contribution in [-0.2, 0) is 0 Å². The van der Waals surface area contributed by atoms with Gasteiger partial charge in [0.25, 0.3) is 0 Å². The molecule has 21 heavy (non-hydrogen) atoms. The first kappa shape index (κ1) is 15.3. The molecule has 4 nitrogen and oxygen atoms in total. The van der Waals surface area contributed by atoms with Gasteiger partial charge in [-0.3, -0.25) is 0 Å². The molecule has 1 aromatic heterocycles. The van der Waals surface area contributed by atoms with E-state index in [1.54, 1.807) is 6.08 Å². The van der Waals surface area contributed by atoms with Crippen LogP contribution in [0.1, 0.15) is 6.92 Å². The third-order valence-electron chi connectivity index (χ3n) is 3.23. The Kier molecular flexibility index (Phi) is 6.03. The van der Waals surface area contributed by atoms with Crippen LogP contribution >= 0.6 is 0 Å². The highest BCUT2D eigenvalue weighted by atomic mass is 16.5. The van der Waals surface area contributed by atoms with Crippen molar-refractivity contribution in [2.45, 2.75) is 6.92 Å². The van der Waals surface area contributed by atoms with Gasteiger partial charge in [0.2, 0.25) is 5.88 Å². The second-order valence-electron chi connectivity index (χ2n) is 4.99. The van der Waals surface area contributed by atoms with Crippen LogP contribution < -0.4 is 15.0 Å². The smallest absolute Gasteiger partial charge is 0.215 e. The molecule has 4 heteroatoms. The monoisotopic (exact) mass is 285 g/mol. The highest BCUT2D eigenvalue weighted by Gasteiger charge is 2.11. The molecule has 0 aliphatic carbocycles. The Morgan fingerprint density at radius 2 is 2.19 bits per heavy atom. The molecule has 1 aliphatic heterocycles. The van der Waals surface area contributed by atoms with Crippen molar-refractivity contribution in [3.8, 4) is 5.88 Å². The van der Waals surface area contributed by atoms with Gasteiger partial charge in [-0.25, -0.2) is 0 Å². The molecule has 1 fully saturated rings. The van der Waals surface area contributed by atoms with E-state index in [4.69, 9.17) is 4.74 Å². The summed E-state index contributed by atoms with van der Waals surface area (Å²) < 4.78 is 5.75. The minimum absolute atomic E-state index is 0.541. The van der Waals surface area contributed by atoms with Crippen LogP contribution in [0.25, 0.3) is 0 Å². The van der Waals surface area contributed by atoms with Gasteiger partial charge < -0.3 is 15.0 Å². The summed E-state index contributed by atoms with van der Waals surface area (Å²) in [7, 11) is 0. The van der Waals surface area contributed by atoms with Crippen molar-refractivity contribution in [3.05, 3.63) is 54.7 Å². The Labute approximate surface area is 126 Å². The minimum Gasteiger partial charge on any atom is -0.473 e. The summed E-state index contributed by atoms with van der Waals surface area (Å²) in [6, 6.07) is 5.93. The summed E-state index contributed by atoms with van der Waals surface area (Å²) in [5.41, 5.74) is 1.14. The fourth-order valence-electron chi connectivity index (χ4n) is 2.09. The summed E-state index contributed by atoms with van der Waals surface area (Å²) in [6.07, 6.45) is 7.62. The van der Waals surface area contributed by atoms with Crippen molar-refractivity contribution >= 4 is 5.82 Å². The number of allylic oxidation sites excluding steroid dienone is 4.